The summed E-state index contributed by atoms with van der Waals surface area (Å²) in [7, 11) is 0. The van der Waals surface area contributed by atoms with Crippen LogP contribution in [0.25, 0.3) is 0 Å². The normalized spacial score (nSPS) is 25.0. The summed E-state index contributed by atoms with van der Waals surface area (Å²) in [5.74, 6) is -1.52. The number of benzene rings is 2. The number of carboxylic acid groups (broad SMARTS) is 1. The average molecular weight is 566 g/mol. The van der Waals surface area contributed by atoms with Gasteiger partial charge in [-0.15, -0.1) is 0 Å². The number of nitrogens with zero attached hydrogens (tertiary/aromatic N) is 1. The van der Waals surface area contributed by atoms with Gasteiger partial charge in [0.1, 0.15) is 17.3 Å². The van der Waals surface area contributed by atoms with Crippen LogP contribution in [0.4, 0.5) is 10.1 Å². The summed E-state index contributed by atoms with van der Waals surface area (Å²) >= 11 is 11.8. The van der Waals surface area contributed by atoms with Crippen LogP contribution in [0.3, 0.4) is 0 Å². The summed E-state index contributed by atoms with van der Waals surface area (Å²) in [6.45, 7) is 0.127. The molecule has 0 aromatic heterocycles. The zero-order chi connectivity index (χ0) is 27.1. The van der Waals surface area contributed by atoms with Crippen molar-refractivity contribution in [2.75, 3.05) is 24.6 Å². The summed E-state index contributed by atoms with van der Waals surface area (Å²) in [4.78, 5) is 38.7. The molecule has 0 radical (unpaired) electrons. The van der Waals surface area contributed by atoms with Gasteiger partial charge in [-0.3, -0.25) is 14.4 Å². The van der Waals surface area contributed by atoms with E-state index in [1.165, 1.54) is 12.1 Å². The maximum atomic E-state index is 13.6. The third-order valence-corrected chi connectivity index (χ3v) is 7.84. The third kappa shape index (κ3) is 5.47. The Morgan fingerprint density at radius 1 is 1.11 bits per heavy atom. The van der Waals surface area contributed by atoms with E-state index in [9.17, 15) is 18.8 Å². The van der Waals surface area contributed by atoms with E-state index >= 15 is 0 Å². The second-order valence-corrected chi connectivity index (χ2v) is 11.0. The molecule has 38 heavy (non-hydrogen) atoms. The minimum Gasteiger partial charge on any atom is -0.484 e. The minimum atomic E-state index is -0.940. The maximum absolute atomic E-state index is 13.6. The summed E-state index contributed by atoms with van der Waals surface area (Å²) in [5.41, 5.74) is -0.223. The molecule has 3 fully saturated rings. The smallest absolute Gasteiger partial charge is 0.305 e. The highest BCUT2D eigenvalue weighted by Crippen LogP contribution is 2.55. The van der Waals surface area contributed by atoms with E-state index in [-0.39, 0.29) is 48.7 Å². The molecular formula is C26H26Cl2FN3O6. The van der Waals surface area contributed by atoms with Gasteiger partial charge in [0, 0.05) is 28.7 Å². The first kappa shape index (κ1) is 26.4. The van der Waals surface area contributed by atoms with Crippen LogP contribution in [0.15, 0.2) is 36.4 Å². The molecule has 1 heterocycles. The number of rotatable bonds is 9. The van der Waals surface area contributed by atoms with Crippen molar-refractivity contribution in [1.29, 1.82) is 0 Å². The molecule has 2 aromatic carbocycles. The number of aliphatic carboxylic acids is 1. The molecule has 6 rings (SSSR count). The average Bonchev–Trinajstić information content (AvgIpc) is 3.37. The molecule has 0 saturated heterocycles. The molecule has 3 N–H and O–H groups in total. The van der Waals surface area contributed by atoms with Crippen molar-refractivity contribution in [3.05, 3.63) is 52.3 Å². The molecule has 2 bridgehead atoms. The Kier molecular flexibility index (Phi) is 7.04. The topological polar surface area (TPSA) is 117 Å². The van der Waals surface area contributed by atoms with Gasteiger partial charge in [0.2, 0.25) is 0 Å². The number of nitrogens with one attached hydrogen (secondary N) is 2. The van der Waals surface area contributed by atoms with E-state index in [4.69, 9.17) is 37.8 Å². The SMILES string of the molecule is O=C(O)CCN1CC(C(=O)NC23CCC(NC(=O)COc4ccc(Cl)c(F)c4)(C2)C3)Oc2ccc(Cl)cc21. The summed E-state index contributed by atoms with van der Waals surface area (Å²) in [6.07, 6.45) is 1.63. The van der Waals surface area contributed by atoms with E-state index in [0.717, 1.165) is 6.07 Å². The Balaban J connectivity index is 1.16. The van der Waals surface area contributed by atoms with Crippen molar-refractivity contribution in [2.24, 2.45) is 0 Å². The number of fused-ring (bicyclic) bond motifs is 2. The van der Waals surface area contributed by atoms with Crippen molar-refractivity contribution in [1.82, 2.24) is 10.6 Å². The molecular weight excluding hydrogens is 540 g/mol. The molecule has 0 spiro atoms. The van der Waals surface area contributed by atoms with Gasteiger partial charge in [-0.1, -0.05) is 23.2 Å². The summed E-state index contributed by atoms with van der Waals surface area (Å²) < 4.78 is 24.9. The van der Waals surface area contributed by atoms with Crippen molar-refractivity contribution >= 4 is 46.7 Å². The molecule has 1 atom stereocenters. The first-order chi connectivity index (χ1) is 18.1. The standard InChI is InChI=1S/C26H26Cl2FN3O6/c27-15-1-4-20-19(9-15)32(8-5-23(34)35)11-21(38-20)24(36)31-26-7-6-25(13-26,14-26)30-22(33)12-37-16-2-3-17(28)18(29)10-16/h1-4,9-10,21H,5-8,11-14H2,(H,30,33)(H,31,36)(H,34,35). The molecule has 202 valence electrons. The van der Waals surface area contributed by atoms with Crippen molar-refractivity contribution in [3.8, 4) is 11.5 Å². The van der Waals surface area contributed by atoms with Gasteiger partial charge in [0.05, 0.1) is 23.7 Å². The lowest BCUT2D eigenvalue weighted by atomic mass is 9.71. The van der Waals surface area contributed by atoms with E-state index in [2.05, 4.69) is 10.6 Å². The Morgan fingerprint density at radius 2 is 1.84 bits per heavy atom. The van der Waals surface area contributed by atoms with Gasteiger partial charge in [-0.2, -0.15) is 0 Å². The highest BCUT2D eigenvalue weighted by atomic mass is 35.5. The van der Waals surface area contributed by atoms with E-state index in [0.29, 0.717) is 42.1 Å². The number of amides is 2. The summed E-state index contributed by atoms with van der Waals surface area (Å²) in [6, 6.07) is 8.98. The highest BCUT2D eigenvalue weighted by Gasteiger charge is 2.62. The molecule has 2 aromatic rings. The second-order valence-electron chi connectivity index (χ2n) is 10.1. The van der Waals surface area contributed by atoms with Gasteiger partial charge in [-0.05, 0) is 56.0 Å². The first-order valence-corrected chi connectivity index (χ1v) is 12.9. The van der Waals surface area contributed by atoms with Crippen LogP contribution < -0.4 is 25.0 Å². The Labute approximate surface area is 228 Å². The monoisotopic (exact) mass is 565 g/mol. The molecule has 9 nitrogen and oxygen atoms in total. The van der Waals surface area contributed by atoms with Gasteiger partial charge in [0.25, 0.3) is 11.8 Å². The number of carboxylic acids is 1. The lowest BCUT2D eigenvalue weighted by Gasteiger charge is -2.48. The lowest BCUT2D eigenvalue weighted by molar-refractivity contribution is -0.136. The number of hydrogen-bond donors (Lipinski definition) is 3. The Bertz CT molecular complexity index is 1290. The number of ether oxygens (including phenoxy) is 2. The number of anilines is 1. The minimum absolute atomic E-state index is 0.0281. The largest absolute Gasteiger partial charge is 0.484 e. The van der Waals surface area contributed by atoms with Crippen LogP contribution >= 0.6 is 23.2 Å². The van der Waals surface area contributed by atoms with Gasteiger partial charge in [-0.25, -0.2) is 4.39 Å². The van der Waals surface area contributed by atoms with Crippen molar-refractivity contribution in [3.63, 3.8) is 0 Å². The van der Waals surface area contributed by atoms with Crippen molar-refractivity contribution < 1.29 is 33.4 Å². The molecule has 3 aliphatic carbocycles. The number of carbonyl (C=O) groups is 3. The summed E-state index contributed by atoms with van der Waals surface area (Å²) in [5, 5.41) is 15.7. The third-order valence-electron chi connectivity index (χ3n) is 7.29. The van der Waals surface area contributed by atoms with Gasteiger partial charge in [0.15, 0.2) is 12.7 Å². The Morgan fingerprint density at radius 3 is 2.55 bits per heavy atom. The predicted octanol–water partition coefficient (Wildman–Crippen LogP) is 3.55. The fourth-order valence-corrected chi connectivity index (χ4v) is 5.96. The molecule has 4 aliphatic rings. The highest BCUT2D eigenvalue weighted by molar-refractivity contribution is 6.31. The zero-order valence-electron chi connectivity index (χ0n) is 20.3. The molecule has 12 heteroatoms. The van der Waals surface area contributed by atoms with E-state index in [1.54, 1.807) is 23.1 Å². The fourth-order valence-electron chi connectivity index (χ4n) is 5.67. The van der Waals surface area contributed by atoms with Crippen LogP contribution in [0.5, 0.6) is 11.5 Å². The van der Waals surface area contributed by atoms with Crippen LogP contribution in [0.2, 0.25) is 10.0 Å². The molecule has 3 saturated carbocycles. The van der Waals surface area contributed by atoms with Crippen LogP contribution in [0.1, 0.15) is 32.1 Å². The quantitative estimate of drug-likeness (QED) is 0.425. The first-order valence-electron chi connectivity index (χ1n) is 12.2. The predicted molar refractivity (Wildman–Crippen MR) is 137 cm³/mol. The van der Waals surface area contributed by atoms with E-state index < -0.39 is 29.0 Å². The van der Waals surface area contributed by atoms with Crippen LogP contribution in [-0.2, 0) is 14.4 Å². The van der Waals surface area contributed by atoms with E-state index in [1.807, 2.05) is 0 Å². The number of carbonyl (C=O) groups excluding carboxylic acids is 2. The van der Waals surface area contributed by atoms with Crippen LogP contribution in [0, 0.1) is 5.82 Å². The van der Waals surface area contributed by atoms with Crippen molar-refractivity contribution in [2.45, 2.75) is 49.3 Å². The Hall–Kier alpha value is -3.24. The molecule has 2 amide bonds. The lowest BCUT2D eigenvalue weighted by Crippen LogP contribution is -2.66. The zero-order valence-corrected chi connectivity index (χ0v) is 21.8. The molecule has 1 aliphatic heterocycles. The number of halogens is 3. The molecule has 1 unspecified atom stereocenters. The fraction of sp³-hybridized carbons (Fsp3) is 0.423. The second kappa shape index (κ2) is 10.1. The van der Waals surface area contributed by atoms with Gasteiger partial charge >= 0.3 is 5.97 Å². The maximum Gasteiger partial charge on any atom is 0.305 e. The van der Waals surface area contributed by atoms with Gasteiger partial charge < -0.3 is 30.1 Å². The van der Waals surface area contributed by atoms with Crippen LogP contribution in [-0.4, -0.2) is 59.8 Å². The number of hydrogen-bond acceptors (Lipinski definition) is 6.